The molecule has 4 nitrogen and oxygen atoms in total. The number of piperidine rings is 1. The Bertz CT molecular complexity index is 451. The molecule has 1 fully saturated rings. The van der Waals surface area contributed by atoms with Crippen LogP contribution in [0.25, 0.3) is 0 Å². The van der Waals surface area contributed by atoms with Crippen LogP contribution in [-0.2, 0) is 11.3 Å². The van der Waals surface area contributed by atoms with E-state index in [9.17, 15) is 4.79 Å². The lowest BCUT2D eigenvalue weighted by Crippen LogP contribution is -2.40. The van der Waals surface area contributed by atoms with Crippen LogP contribution in [0, 0.1) is 5.92 Å². The van der Waals surface area contributed by atoms with Gasteiger partial charge in [-0.15, -0.1) is 0 Å². The zero-order chi connectivity index (χ0) is 14.5. The Balaban J connectivity index is 2.01. The summed E-state index contributed by atoms with van der Waals surface area (Å²) < 4.78 is 8.23. The number of nitrogens with zero attached hydrogens (tertiary/aromatic N) is 2. The minimum atomic E-state index is 0.153. The van der Waals surface area contributed by atoms with Gasteiger partial charge in [-0.3, -0.25) is 4.79 Å². The summed E-state index contributed by atoms with van der Waals surface area (Å²) in [5, 5.41) is 0. The molecule has 0 unspecified atom stereocenters. The average Bonchev–Trinajstić information content (AvgIpc) is 2.81. The number of aromatic nitrogens is 1. The van der Waals surface area contributed by atoms with Crippen LogP contribution in [0.4, 0.5) is 0 Å². The summed E-state index contributed by atoms with van der Waals surface area (Å²) in [5.41, 5.74) is 0.795. The number of carbonyl (C=O) groups is 1. The third kappa shape index (κ3) is 3.64. The molecule has 0 atom stereocenters. The van der Waals surface area contributed by atoms with Gasteiger partial charge >= 0.3 is 0 Å². The van der Waals surface area contributed by atoms with Gasteiger partial charge in [0.15, 0.2) is 0 Å². The second-order valence-electron chi connectivity index (χ2n) is 5.43. The van der Waals surface area contributed by atoms with Crippen molar-refractivity contribution in [3.8, 4) is 0 Å². The van der Waals surface area contributed by atoms with Crippen LogP contribution in [0.15, 0.2) is 16.7 Å². The standard InChI is InChI=1S/C15H23BrN2O2/c1-3-6-18-10-13(16)9-14(18)15(19)17-7-4-12(5-8-17)11-20-2/h9-10,12H,3-8,11H2,1-2H3. The van der Waals surface area contributed by atoms with E-state index in [1.165, 1.54) is 0 Å². The molecule has 112 valence electrons. The van der Waals surface area contributed by atoms with Crippen LogP contribution in [-0.4, -0.2) is 42.2 Å². The van der Waals surface area contributed by atoms with E-state index in [4.69, 9.17) is 4.74 Å². The van der Waals surface area contributed by atoms with Gasteiger partial charge in [0.05, 0.1) is 0 Å². The normalized spacial score (nSPS) is 16.6. The Labute approximate surface area is 129 Å². The van der Waals surface area contributed by atoms with Crippen molar-refractivity contribution in [1.29, 1.82) is 0 Å². The van der Waals surface area contributed by atoms with Crippen LogP contribution in [0.3, 0.4) is 0 Å². The highest BCUT2D eigenvalue weighted by Crippen LogP contribution is 2.22. The molecule has 1 saturated heterocycles. The molecule has 1 amide bonds. The zero-order valence-corrected chi connectivity index (χ0v) is 13.9. The van der Waals surface area contributed by atoms with Crippen LogP contribution in [0.1, 0.15) is 36.7 Å². The average molecular weight is 343 g/mol. The molecule has 0 bridgehead atoms. The SMILES string of the molecule is CCCn1cc(Br)cc1C(=O)N1CCC(COC)CC1. The summed E-state index contributed by atoms with van der Waals surface area (Å²) in [6.45, 7) is 5.48. The number of methoxy groups -OCH3 is 1. The molecule has 5 heteroatoms. The van der Waals surface area contributed by atoms with E-state index in [2.05, 4.69) is 22.9 Å². The topological polar surface area (TPSA) is 34.5 Å². The zero-order valence-electron chi connectivity index (χ0n) is 12.3. The third-order valence-corrected chi connectivity index (χ3v) is 4.28. The minimum Gasteiger partial charge on any atom is -0.384 e. The van der Waals surface area contributed by atoms with E-state index >= 15 is 0 Å². The van der Waals surface area contributed by atoms with Crippen LogP contribution >= 0.6 is 15.9 Å². The molecule has 0 radical (unpaired) electrons. The summed E-state index contributed by atoms with van der Waals surface area (Å²) in [4.78, 5) is 14.6. The number of aryl methyl sites for hydroxylation is 1. The lowest BCUT2D eigenvalue weighted by atomic mass is 9.97. The molecule has 1 aromatic rings. The van der Waals surface area contributed by atoms with Crippen LogP contribution in [0.2, 0.25) is 0 Å². The first-order valence-corrected chi connectivity index (χ1v) is 8.09. The Hall–Kier alpha value is -0.810. The van der Waals surface area contributed by atoms with E-state index in [1.807, 2.05) is 21.7 Å². The predicted molar refractivity (Wildman–Crippen MR) is 82.9 cm³/mol. The van der Waals surface area contributed by atoms with E-state index in [-0.39, 0.29) is 5.91 Å². The van der Waals surface area contributed by atoms with Crippen LogP contribution < -0.4 is 0 Å². The Kier molecular flexibility index (Phi) is 5.66. The van der Waals surface area contributed by atoms with Crippen LogP contribution in [0.5, 0.6) is 0 Å². The van der Waals surface area contributed by atoms with E-state index in [1.54, 1.807) is 7.11 Å². The maximum absolute atomic E-state index is 12.6. The van der Waals surface area contributed by atoms with Gasteiger partial charge in [-0.2, -0.15) is 0 Å². The number of halogens is 1. The highest BCUT2D eigenvalue weighted by molar-refractivity contribution is 9.10. The molecule has 0 aromatic carbocycles. The molecule has 1 aliphatic heterocycles. The monoisotopic (exact) mass is 342 g/mol. The van der Waals surface area contributed by atoms with Crippen molar-refractivity contribution in [3.63, 3.8) is 0 Å². The van der Waals surface area contributed by atoms with Crippen molar-refractivity contribution in [2.24, 2.45) is 5.92 Å². The van der Waals surface area contributed by atoms with Gasteiger partial charge in [0.1, 0.15) is 5.69 Å². The number of hydrogen-bond acceptors (Lipinski definition) is 2. The summed E-state index contributed by atoms with van der Waals surface area (Å²) in [6, 6.07) is 1.93. The number of carbonyl (C=O) groups excluding carboxylic acids is 1. The lowest BCUT2D eigenvalue weighted by Gasteiger charge is -2.31. The molecular formula is C15H23BrN2O2. The Morgan fingerprint density at radius 2 is 2.15 bits per heavy atom. The number of hydrogen-bond donors (Lipinski definition) is 0. The van der Waals surface area contributed by atoms with Crippen molar-refractivity contribution in [2.45, 2.75) is 32.7 Å². The number of rotatable bonds is 5. The molecule has 0 aliphatic carbocycles. The van der Waals surface area contributed by atoms with Gasteiger partial charge in [0, 0.05) is 44.0 Å². The molecule has 20 heavy (non-hydrogen) atoms. The maximum atomic E-state index is 12.6. The molecule has 2 rings (SSSR count). The molecule has 2 heterocycles. The molecule has 0 saturated carbocycles. The third-order valence-electron chi connectivity index (χ3n) is 3.85. The fourth-order valence-corrected chi connectivity index (χ4v) is 3.24. The number of likely N-dealkylation sites (tertiary alicyclic amines) is 1. The Morgan fingerprint density at radius 3 is 2.75 bits per heavy atom. The lowest BCUT2D eigenvalue weighted by molar-refractivity contribution is 0.0604. The maximum Gasteiger partial charge on any atom is 0.270 e. The second-order valence-corrected chi connectivity index (χ2v) is 6.34. The first kappa shape index (κ1) is 15.6. The van der Waals surface area contributed by atoms with E-state index in [0.717, 1.165) is 55.7 Å². The summed E-state index contributed by atoms with van der Waals surface area (Å²) in [5.74, 6) is 0.748. The first-order valence-electron chi connectivity index (χ1n) is 7.29. The van der Waals surface area contributed by atoms with Crippen molar-refractivity contribution >= 4 is 21.8 Å². The highest BCUT2D eigenvalue weighted by Gasteiger charge is 2.25. The summed E-state index contributed by atoms with van der Waals surface area (Å²) >= 11 is 3.47. The number of ether oxygens (including phenoxy) is 1. The second kappa shape index (κ2) is 7.27. The van der Waals surface area contributed by atoms with Crippen molar-refractivity contribution in [2.75, 3.05) is 26.8 Å². The quantitative estimate of drug-likeness (QED) is 0.823. The van der Waals surface area contributed by atoms with Gasteiger partial charge < -0.3 is 14.2 Å². The molecule has 0 N–H and O–H groups in total. The van der Waals surface area contributed by atoms with Gasteiger partial charge in [-0.25, -0.2) is 0 Å². The fourth-order valence-electron chi connectivity index (χ4n) is 2.78. The summed E-state index contributed by atoms with van der Waals surface area (Å²) in [6.07, 6.45) is 5.09. The van der Waals surface area contributed by atoms with E-state index < -0.39 is 0 Å². The van der Waals surface area contributed by atoms with Gasteiger partial charge in [-0.1, -0.05) is 6.92 Å². The molecular weight excluding hydrogens is 320 g/mol. The van der Waals surface area contributed by atoms with Crippen molar-refractivity contribution in [1.82, 2.24) is 9.47 Å². The largest absolute Gasteiger partial charge is 0.384 e. The smallest absolute Gasteiger partial charge is 0.270 e. The van der Waals surface area contributed by atoms with Gasteiger partial charge in [-0.05, 0) is 47.2 Å². The van der Waals surface area contributed by atoms with Gasteiger partial charge in [0.2, 0.25) is 0 Å². The summed E-state index contributed by atoms with van der Waals surface area (Å²) in [7, 11) is 1.74. The van der Waals surface area contributed by atoms with Gasteiger partial charge in [0.25, 0.3) is 5.91 Å². The fraction of sp³-hybridized carbons (Fsp3) is 0.667. The van der Waals surface area contributed by atoms with E-state index in [0.29, 0.717) is 5.92 Å². The predicted octanol–water partition coefficient (Wildman–Crippen LogP) is 3.16. The molecule has 1 aliphatic rings. The Morgan fingerprint density at radius 1 is 1.45 bits per heavy atom. The molecule has 1 aromatic heterocycles. The first-order chi connectivity index (χ1) is 9.65. The number of amides is 1. The minimum absolute atomic E-state index is 0.153. The highest BCUT2D eigenvalue weighted by atomic mass is 79.9. The molecule has 0 spiro atoms. The van der Waals surface area contributed by atoms with Crippen molar-refractivity contribution in [3.05, 3.63) is 22.4 Å². The van der Waals surface area contributed by atoms with Crippen molar-refractivity contribution < 1.29 is 9.53 Å².